The molecule has 3 rings (SSSR count). The third-order valence-corrected chi connectivity index (χ3v) is 6.05. The standard InChI is InChI=1S/C25H24F6N4O3/c1-35-18-10-6-5-9-16(18)19(14-7-3-2-4-8-14)33-21(23(35)38)34-22(37)15(11-12-24(26,27)28)17(20(32)36)13-25(29,30)31/h2-10,15,17,21H,11-13H2,1H3,(H2,32,36)(H,34,37)/t15-,17+,21+/m0/s1. The fraction of sp³-hybridized carbons (Fsp3) is 0.360. The van der Waals surface area contributed by atoms with Gasteiger partial charge in [0.1, 0.15) is 0 Å². The Morgan fingerprint density at radius 2 is 1.58 bits per heavy atom. The Morgan fingerprint density at radius 1 is 0.974 bits per heavy atom. The molecule has 0 saturated carbocycles. The van der Waals surface area contributed by atoms with Crippen molar-refractivity contribution >= 4 is 29.1 Å². The minimum absolute atomic E-state index is 0.262. The van der Waals surface area contributed by atoms with E-state index in [0.717, 1.165) is 0 Å². The van der Waals surface area contributed by atoms with E-state index in [1.807, 2.05) is 0 Å². The van der Waals surface area contributed by atoms with E-state index in [-0.39, 0.29) is 5.71 Å². The summed E-state index contributed by atoms with van der Waals surface area (Å²) < 4.78 is 78.2. The first-order valence-electron chi connectivity index (χ1n) is 11.4. The van der Waals surface area contributed by atoms with Gasteiger partial charge in [0.05, 0.1) is 29.7 Å². The van der Waals surface area contributed by atoms with Gasteiger partial charge in [-0.05, 0) is 12.5 Å². The number of nitrogens with two attached hydrogens (primary N) is 1. The van der Waals surface area contributed by atoms with Crippen molar-refractivity contribution in [3.05, 3.63) is 65.7 Å². The third-order valence-electron chi connectivity index (χ3n) is 6.05. The van der Waals surface area contributed by atoms with Crippen LogP contribution in [0.5, 0.6) is 0 Å². The third kappa shape index (κ3) is 7.11. The highest BCUT2D eigenvalue weighted by Crippen LogP contribution is 2.34. The Balaban J connectivity index is 2.03. The molecule has 0 bridgehead atoms. The van der Waals surface area contributed by atoms with Crippen molar-refractivity contribution in [2.24, 2.45) is 22.6 Å². The van der Waals surface area contributed by atoms with Gasteiger partial charge in [-0.1, -0.05) is 48.5 Å². The Labute approximate surface area is 213 Å². The molecule has 0 radical (unpaired) electrons. The predicted molar refractivity (Wildman–Crippen MR) is 126 cm³/mol. The number of benzodiazepines with no additional fused rings is 1. The number of carbonyl (C=O) groups excluding carboxylic acids is 3. The quantitative estimate of drug-likeness (QED) is 0.494. The maximum atomic E-state index is 13.2. The van der Waals surface area contributed by atoms with E-state index in [1.54, 1.807) is 54.6 Å². The lowest BCUT2D eigenvalue weighted by Gasteiger charge is -2.27. The maximum Gasteiger partial charge on any atom is 0.389 e. The molecule has 3 atom stereocenters. The number of halogens is 6. The Morgan fingerprint density at radius 3 is 2.16 bits per heavy atom. The number of hydrogen-bond donors (Lipinski definition) is 2. The topological polar surface area (TPSA) is 105 Å². The largest absolute Gasteiger partial charge is 0.389 e. The van der Waals surface area contributed by atoms with Crippen LogP contribution in [0.3, 0.4) is 0 Å². The molecule has 1 heterocycles. The highest BCUT2D eigenvalue weighted by atomic mass is 19.4. The van der Waals surface area contributed by atoms with E-state index in [4.69, 9.17) is 5.73 Å². The number of likely N-dealkylation sites (N-methyl/N-ethyl adjacent to an activating group) is 1. The summed E-state index contributed by atoms with van der Waals surface area (Å²) >= 11 is 0. The van der Waals surface area contributed by atoms with Gasteiger partial charge in [-0.2, -0.15) is 26.3 Å². The van der Waals surface area contributed by atoms with Crippen molar-refractivity contribution in [1.82, 2.24) is 5.32 Å². The lowest BCUT2D eigenvalue weighted by molar-refractivity contribution is -0.164. The molecule has 2 aromatic carbocycles. The molecular weight excluding hydrogens is 518 g/mol. The monoisotopic (exact) mass is 542 g/mol. The number of benzene rings is 2. The van der Waals surface area contributed by atoms with E-state index in [0.29, 0.717) is 16.8 Å². The first kappa shape index (κ1) is 28.7. The first-order valence-corrected chi connectivity index (χ1v) is 11.4. The highest BCUT2D eigenvalue weighted by molar-refractivity contribution is 6.20. The lowest BCUT2D eigenvalue weighted by atomic mass is 9.84. The van der Waals surface area contributed by atoms with Crippen LogP contribution in [-0.4, -0.2) is 49.0 Å². The van der Waals surface area contributed by atoms with Crippen LogP contribution in [0.15, 0.2) is 59.6 Å². The molecule has 1 aliphatic heterocycles. The van der Waals surface area contributed by atoms with Gasteiger partial charge in [-0.15, -0.1) is 0 Å². The molecule has 0 aliphatic carbocycles. The normalized spacial score (nSPS) is 17.7. The molecule has 1 aliphatic rings. The van der Waals surface area contributed by atoms with Crippen LogP contribution in [0, 0.1) is 11.8 Å². The maximum absolute atomic E-state index is 13.2. The van der Waals surface area contributed by atoms with Gasteiger partial charge in [0.15, 0.2) is 0 Å². The van der Waals surface area contributed by atoms with Crippen molar-refractivity contribution in [3.8, 4) is 0 Å². The number of anilines is 1. The molecule has 3 N–H and O–H groups in total. The molecule has 3 amide bonds. The van der Waals surface area contributed by atoms with Gasteiger partial charge >= 0.3 is 12.4 Å². The second-order valence-electron chi connectivity index (χ2n) is 8.76. The SMILES string of the molecule is CN1C(=O)[C@@H](NC(=O)[C@@H](CCC(F)(F)F)[C@@H](CC(F)(F)F)C(N)=O)N=C(c2ccccc2)c2ccccc21. The smallest absolute Gasteiger partial charge is 0.369 e. The molecule has 13 heteroatoms. The number of carbonyl (C=O) groups is 3. The summed E-state index contributed by atoms with van der Waals surface area (Å²) in [5, 5.41) is 2.17. The van der Waals surface area contributed by atoms with E-state index in [1.165, 1.54) is 11.9 Å². The summed E-state index contributed by atoms with van der Waals surface area (Å²) in [4.78, 5) is 43.8. The molecule has 38 heavy (non-hydrogen) atoms. The van der Waals surface area contributed by atoms with E-state index < -0.39 is 67.3 Å². The zero-order valence-corrected chi connectivity index (χ0v) is 20.0. The van der Waals surface area contributed by atoms with Crippen molar-refractivity contribution in [2.45, 2.75) is 37.8 Å². The van der Waals surface area contributed by atoms with E-state index >= 15 is 0 Å². The molecule has 0 unspecified atom stereocenters. The summed E-state index contributed by atoms with van der Waals surface area (Å²) in [6, 6.07) is 15.1. The van der Waals surface area contributed by atoms with Crippen LogP contribution in [0.25, 0.3) is 0 Å². The van der Waals surface area contributed by atoms with Gasteiger partial charge in [0, 0.05) is 24.6 Å². The molecule has 0 aromatic heterocycles. The number of rotatable bonds is 8. The molecule has 204 valence electrons. The fourth-order valence-corrected chi connectivity index (χ4v) is 4.21. The van der Waals surface area contributed by atoms with Gasteiger partial charge in [-0.25, -0.2) is 4.99 Å². The second kappa shape index (κ2) is 11.2. The van der Waals surface area contributed by atoms with Gasteiger partial charge in [0.2, 0.25) is 18.0 Å². The minimum Gasteiger partial charge on any atom is -0.369 e. The Bertz CT molecular complexity index is 1210. The van der Waals surface area contributed by atoms with Gasteiger partial charge in [0.25, 0.3) is 5.91 Å². The van der Waals surface area contributed by atoms with Gasteiger partial charge in [-0.3, -0.25) is 14.4 Å². The number of aliphatic imine (C=N–C) groups is 1. The Kier molecular flexibility index (Phi) is 8.48. The van der Waals surface area contributed by atoms with Crippen LogP contribution >= 0.6 is 0 Å². The average molecular weight is 542 g/mol. The fourth-order valence-electron chi connectivity index (χ4n) is 4.21. The van der Waals surface area contributed by atoms with Crippen LogP contribution in [0.1, 0.15) is 30.4 Å². The van der Waals surface area contributed by atoms with E-state index in [2.05, 4.69) is 10.3 Å². The number of nitrogens with one attached hydrogen (secondary N) is 1. The number of nitrogens with zero attached hydrogens (tertiary/aromatic N) is 2. The van der Waals surface area contributed by atoms with Crippen molar-refractivity contribution in [2.75, 3.05) is 11.9 Å². The molecule has 0 spiro atoms. The van der Waals surface area contributed by atoms with Crippen molar-refractivity contribution in [3.63, 3.8) is 0 Å². The van der Waals surface area contributed by atoms with Crippen molar-refractivity contribution < 1.29 is 40.7 Å². The van der Waals surface area contributed by atoms with Crippen LogP contribution in [-0.2, 0) is 14.4 Å². The van der Waals surface area contributed by atoms with Gasteiger partial charge < -0.3 is 16.0 Å². The summed E-state index contributed by atoms with van der Waals surface area (Å²) in [6.45, 7) is 0. The zero-order valence-electron chi connectivity index (χ0n) is 20.0. The second-order valence-corrected chi connectivity index (χ2v) is 8.76. The average Bonchev–Trinajstić information content (AvgIpc) is 2.93. The lowest BCUT2D eigenvalue weighted by Crippen LogP contribution is -2.50. The summed E-state index contributed by atoms with van der Waals surface area (Å²) in [5.41, 5.74) is 6.81. The summed E-state index contributed by atoms with van der Waals surface area (Å²) in [7, 11) is 1.39. The number of alkyl halides is 6. The Hall–Kier alpha value is -3.90. The summed E-state index contributed by atoms with van der Waals surface area (Å²) in [5.74, 6) is -8.16. The zero-order chi connectivity index (χ0) is 28.3. The van der Waals surface area contributed by atoms with Crippen LogP contribution < -0.4 is 16.0 Å². The number of amides is 3. The first-order chi connectivity index (χ1) is 17.7. The molecular formula is C25H24F6N4O3. The number of fused-ring (bicyclic) bond motifs is 1. The summed E-state index contributed by atoms with van der Waals surface area (Å²) in [6.07, 6.45) is -16.2. The molecule has 7 nitrogen and oxygen atoms in total. The molecule has 0 saturated heterocycles. The highest BCUT2D eigenvalue weighted by Gasteiger charge is 2.44. The number of primary amides is 1. The predicted octanol–water partition coefficient (Wildman–Crippen LogP) is 3.96. The van der Waals surface area contributed by atoms with Crippen LogP contribution in [0.2, 0.25) is 0 Å². The number of hydrogen-bond acceptors (Lipinski definition) is 4. The molecule has 2 aromatic rings. The van der Waals surface area contributed by atoms with Crippen molar-refractivity contribution in [1.29, 1.82) is 0 Å². The number of para-hydroxylation sites is 1. The minimum atomic E-state index is -4.99. The van der Waals surface area contributed by atoms with E-state index in [9.17, 15) is 40.7 Å². The molecule has 0 fully saturated rings. The van der Waals surface area contributed by atoms with Crippen LogP contribution in [0.4, 0.5) is 32.0 Å².